The van der Waals surface area contributed by atoms with Crippen LogP contribution in [0.5, 0.6) is 5.75 Å². The van der Waals surface area contributed by atoms with Crippen molar-refractivity contribution in [3.8, 4) is 5.75 Å². The van der Waals surface area contributed by atoms with Crippen molar-refractivity contribution >= 4 is 5.78 Å². The van der Waals surface area contributed by atoms with E-state index >= 15 is 0 Å². The summed E-state index contributed by atoms with van der Waals surface area (Å²) in [5.74, 6) is 0.193. The molecule has 2 aromatic rings. The van der Waals surface area contributed by atoms with Crippen LogP contribution in [-0.4, -0.2) is 26.2 Å². The minimum Gasteiger partial charge on any atom is -0.515 e. The maximum Gasteiger partial charge on any atom is 0.165 e. The number of carbonyl (C=O) groups is 1. The van der Waals surface area contributed by atoms with Gasteiger partial charge in [-0.3, -0.25) is 9.89 Å². The third-order valence-electron chi connectivity index (χ3n) is 5.86. The number of allylic oxidation sites excluding steroid dienone is 1. The van der Waals surface area contributed by atoms with Crippen LogP contribution in [0.3, 0.4) is 0 Å². The van der Waals surface area contributed by atoms with Gasteiger partial charge in [0.2, 0.25) is 0 Å². The Morgan fingerprint density at radius 2 is 2.08 bits per heavy atom. The number of aromatic hydroxyl groups is 1. The molecular formula is C19H20N2O3. The second-order valence-corrected chi connectivity index (χ2v) is 6.92. The molecule has 0 spiro atoms. The molecule has 0 bridgehead atoms. The lowest BCUT2D eigenvalue weighted by molar-refractivity contribution is -0.123. The average molecular weight is 324 g/mol. The number of phenols is 1. The number of aromatic nitrogens is 2. The molecule has 2 aliphatic carbocycles. The van der Waals surface area contributed by atoms with Gasteiger partial charge in [-0.15, -0.1) is 0 Å². The monoisotopic (exact) mass is 324 g/mol. The zero-order chi connectivity index (χ0) is 16.9. The van der Waals surface area contributed by atoms with Gasteiger partial charge in [-0.2, -0.15) is 5.10 Å². The van der Waals surface area contributed by atoms with Crippen molar-refractivity contribution in [3.05, 3.63) is 59.1 Å². The number of fused-ring (bicyclic) bond motifs is 3. The molecule has 1 aromatic carbocycles. The normalized spacial score (nSPS) is 30.9. The maximum absolute atomic E-state index is 12.6. The van der Waals surface area contributed by atoms with Crippen LogP contribution < -0.4 is 0 Å². The van der Waals surface area contributed by atoms with Crippen molar-refractivity contribution in [2.24, 2.45) is 11.8 Å². The first-order valence-corrected chi connectivity index (χ1v) is 8.27. The van der Waals surface area contributed by atoms with Crippen LogP contribution in [-0.2, 0) is 16.6 Å². The summed E-state index contributed by atoms with van der Waals surface area (Å²) in [6, 6.07) is 7.18. The lowest BCUT2D eigenvalue weighted by atomic mass is 9.52. The number of phenolic OH excluding ortho intramolecular Hbond substituents is 1. The summed E-state index contributed by atoms with van der Waals surface area (Å²) in [7, 11) is 0. The molecule has 3 atom stereocenters. The van der Waals surface area contributed by atoms with Gasteiger partial charge in [0.15, 0.2) is 5.78 Å². The summed E-state index contributed by atoms with van der Waals surface area (Å²) >= 11 is 0. The number of nitrogens with zero attached hydrogens (tertiary/aromatic N) is 1. The van der Waals surface area contributed by atoms with Crippen LogP contribution in [0.1, 0.15) is 36.6 Å². The number of aromatic amines is 1. The molecular weight excluding hydrogens is 304 g/mol. The van der Waals surface area contributed by atoms with E-state index in [1.165, 1.54) is 0 Å². The fourth-order valence-corrected chi connectivity index (χ4v) is 4.72. The number of hydrogen-bond donors (Lipinski definition) is 3. The molecule has 124 valence electrons. The molecule has 0 amide bonds. The molecule has 1 fully saturated rings. The highest BCUT2D eigenvalue weighted by Crippen LogP contribution is 2.55. The van der Waals surface area contributed by atoms with Crippen molar-refractivity contribution in [3.63, 3.8) is 0 Å². The van der Waals surface area contributed by atoms with Crippen molar-refractivity contribution in [2.45, 2.75) is 31.6 Å². The molecule has 0 radical (unpaired) electrons. The number of rotatable bonds is 1. The molecule has 0 aliphatic heterocycles. The number of ketones is 1. The Labute approximate surface area is 140 Å². The molecule has 1 saturated carbocycles. The summed E-state index contributed by atoms with van der Waals surface area (Å²) in [6.07, 6.45) is 5.06. The van der Waals surface area contributed by atoms with Crippen LogP contribution in [0, 0.1) is 11.8 Å². The minimum absolute atomic E-state index is 0.0277. The summed E-state index contributed by atoms with van der Waals surface area (Å²) in [4.78, 5) is 12.6. The topological polar surface area (TPSA) is 86.2 Å². The smallest absolute Gasteiger partial charge is 0.165 e. The van der Waals surface area contributed by atoms with Crippen LogP contribution in [0.25, 0.3) is 0 Å². The van der Waals surface area contributed by atoms with Crippen LogP contribution in [0.15, 0.2) is 42.3 Å². The number of H-pyrrole nitrogens is 1. The van der Waals surface area contributed by atoms with Crippen molar-refractivity contribution in [2.75, 3.05) is 0 Å². The Balaban J connectivity index is 1.99. The van der Waals surface area contributed by atoms with E-state index in [0.29, 0.717) is 12.0 Å². The van der Waals surface area contributed by atoms with Crippen LogP contribution in [0.2, 0.25) is 0 Å². The number of benzene rings is 1. The van der Waals surface area contributed by atoms with Crippen molar-refractivity contribution in [1.82, 2.24) is 10.2 Å². The molecule has 5 nitrogen and oxygen atoms in total. The number of carbonyl (C=O) groups excluding carboxylic acids is 1. The van der Waals surface area contributed by atoms with Gasteiger partial charge >= 0.3 is 0 Å². The summed E-state index contributed by atoms with van der Waals surface area (Å²) in [5.41, 5.74) is 3.25. The van der Waals surface area contributed by atoms with Gasteiger partial charge in [-0.25, -0.2) is 0 Å². The lowest BCUT2D eigenvalue weighted by Gasteiger charge is -2.50. The molecule has 4 rings (SSSR count). The van der Waals surface area contributed by atoms with Gasteiger partial charge in [0.25, 0.3) is 0 Å². The number of aryl methyl sites for hydroxylation is 1. The Morgan fingerprint density at radius 1 is 1.33 bits per heavy atom. The SMILES string of the molecule is C[C@@H]1C(=O)C(=CO)C[C@]2(c3ccc(O)cc3)c3[nH]ncc3CC[C@@H]12. The van der Waals surface area contributed by atoms with E-state index in [1.807, 2.05) is 25.3 Å². The number of Topliss-reactive ketones (excluding diaryl/α,β-unsaturated/α-hetero) is 1. The van der Waals surface area contributed by atoms with E-state index in [2.05, 4.69) is 10.2 Å². The predicted octanol–water partition coefficient (Wildman–Crippen LogP) is 3.01. The van der Waals surface area contributed by atoms with Gasteiger partial charge in [0.1, 0.15) is 5.75 Å². The summed E-state index contributed by atoms with van der Waals surface area (Å²) in [6.45, 7) is 1.95. The standard InChI is InChI=1S/C19H20N2O3/c1-11-16-7-2-12-9-20-21-18(12)19(16,8-13(10-22)17(11)24)14-3-5-15(23)6-4-14/h3-6,9-11,16,22-23H,2,7-8H2,1H3,(H,20,21)/t11-,16-,19+/m0/s1. The van der Waals surface area contributed by atoms with E-state index in [-0.39, 0.29) is 23.4 Å². The molecule has 3 N–H and O–H groups in total. The molecule has 2 aliphatic rings. The molecule has 1 heterocycles. The lowest BCUT2D eigenvalue weighted by Crippen LogP contribution is -2.50. The van der Waals surface area contributed by atoms with Gasteiger partial charge < -0.3 is 10.2 Å². The second-order valence-electron chi connectivity index (χ2n) is 6.92. The first kappa shape index (κ1) is 15.0. The minimum atomic E-state index is -0.431. The zero-order valence-electron chi connectivity index (χ0n) is 13.5. The Morgan fingerprint density at radius 3 is 2.79 bits per heavy atom. The third-order valence-corrected chi connectivity index (χ3v) is 5.86. The van der Waals surface area contributed by atoms with Crippen molar-refractivity contribution < 1.29 is 15.0 Å². The van der Waals surface area contributed by atoms with Gasteiger partial charge in [-0.05, 0) is 48.4 Å². The highest BCUT2D eigenvalue weighted by atomic mass is 16.3. The fourth-order valence-electron chi connectivity index (χ4n) is 4.72. The molecule has 0 saturated heterocycles. The second kappa shape index (κ2) is 5.23. The maximum atomic E-state index is 12.6. The zero-order valence-corrected chi connectivity index (χ0v) is 13.5. The van der Waals surface area contributed by atoms with E-state index in [0.717, 1.165) is 35.9 Å². The number of aliphatic hydroxyl groups is 1. The first-order valence-electron chi connectivity index (χ1n) is 8.27. The summed E-state index contributed by atoms with van der Waals surface area (Å²) in [5, 5.41) is 26.7. The Kier molecular flexibility index (Phi) is 3.27. The van der Waals surface area contributed by atoms with Gasteiger partial charge in [0, 0.05) is 22.6 Å². The van der Waals surface area contributed by atoms with Crippen LogP contribution in [0.4, 0.5) is 0 Å². The summed E-state index contributed by atoms with van der Waals surface area (Å²) < 4.78 is 0. The highest BCUT2D eigenvalue weighted by Gasteiger charge is 2.54. The molecule has 24 heavy (non-hydrogen) atoms. The first-order chi connectivity index (χ1) is 11.6. The highest BCUT2D eigenvalue weighted by molar-refractivity contribution is 5.98. The number of nitrogens with one attached hydrogen (secondary N) is 1. The van der Waals surface area contributed by atoms with Gasteiger partial charge in [0.05, 0.1) is 12.5 Å². The Bertz CT molecular complexity index is 821. The molecule has 1 aromatic heterocycles. The van der Waals surface area contributed by atoms with Crippen molar-refractivity contribution in [1.29, 1.82) is 0 Å². The van der Waals surface area contributed by atoms with E-state index in [9.17, 15) is 15.0 Å². The average Bonchev–Trinajstić information content (AvgIpc) is 3.08. The number of hydrogen-bond acceptors (Lipinski definition) is 4. The van der Waals surface area contributed by atoms with E-state index < -0.39 is 5.41 Å². The van der Waals surface area contributed by atoms with E-state index in [4.69, 9.17) is 0 Å². The number of aliphatic hydroxyl groups excluding tert-OH is 1. The van der Waals surface area contributed by atoms with Crippen LogP contribution >= 0.6 is 0 Å². The van der Waals surface area contributed by atoms with Gasteiger partial charge in [-0.1, -0.05) is 19.1 Å². The largest absolute Gasteiger partial charge is 0.515 e. The van der Waals surface area contributed by atoms with E-state index in [1.54, 1.807) is 12.1 Å². The molecule has 5 heteroatoms. The third kappa shape index (κ3) is 1.87. The molecule has 0 unspecified atom stereocenters. The quantitative estimate of drug-likeness (QED) is 0.556. The Hall–Kier alpha value is -2.56. The fraction of sp³-hybridized carbons (Fsp3) is 0.368. The predicted molar refractivity (Wildman–Crippen MR) is 88.8 cm³/mol.